The first-order valence-electron chi connectivity index (χ1n) is 11.4. The number of halogens is 2. The molecule has 35 heavy (non-hydrogen) atoms. The van der Waals surface area contributed by atoms with Crippen molar-refractivity contribution in [3.05, 3.63) is 70.6 Å². The third-order valence-corrected chi connectivity index (χ3v) is 5.68. The number of carbonyl (C=O) groups excluding carboxylic acids is 2. The maximum absolute atomic E-state index is 13.4. The van der Waals surface area contributed by atoms with Gasteiger partial charge in [0.25, 0.3) is 0 Å². The summed E-state index contributed by atoms with van der Waals surface area (Å²) in [5.74, 6) is -0.442. The molecule has 3 aromatic rings. The van der Waals surface area contributed by atoms with E-state index in [0.717, 1.165) is 16.9 Å². The first kappa shape index (κ1) is 26.2. The Kier molecular flexibility index (Phi) is 7.85. The van der Waals surface area contributed by atoms with Crippen LogP contribution in [0.15, 0.2) is 48.5 Å². The molecule has 0 radical (unpaired) electrons. The van der Waals surface area contributed by atoms with Gasteiger partial charge in [0.05, 0.1) is 16.4 Å². The average molecular weight is 500 g/mol. The molecule has 0 saturated heterocycles. The van der Waals surface area contributed by atoms with E-state index in [-0.39, 0.29) is 28.9 Å². The minimum Gasteiger partial charge on any atom is -0.313 e. The van der Waals surface area contributed by atoms with E-state index in [1.54, 1.807) is 18.5 Å². The Bertz CT molecular complexity index is 1220. The van der Waals surface area contributed by atoms with Gasteiger partial charge in [-0.1, -0.05) is 50.1 Å². The fourth-order valence-electron chi connectivity index (χ4n) is 3.31. The lowest BCUT2D eigenvalue weighted by atomic mass is 9.92. The van der Waals surface area contributed by atoms with Gasteiger partial charge in [0.1, 0.15) is 18.2 Å². The Labute approximate surface area is 210 Å². The number of aromatic nitrogens is 2. The van der Waals surface area contributed by atoms with E-state index in [9.17, 15) is 14.0 Å². The van der Waals surface area contributed by atoms with Gasteiger partial charge in [-0.25, -0.2) is 13.9 Å². The van der Waals surface area contributed by atoms with Gasteiger partial charge < -0.3 is 15.5 Å². The van der Waals surface area contributed by atoms with E-state index in [4.69, 9.17) is 16.7 Å². The summed E-state index contributed by atoms with van der Waals surface area (Å²) in [5.41, 5.74) is 2.85. The molecule has 3 rings (SSSR count). The zero-order chi connectivity index (χ0) is 25.9. The van der Waals surface area contributed by atoms with Gasteiger partial charge >= 0.3 is 6.03 Å². The van der Waals surface area contributed by atoms with Crippen molar-refractivity contribution >= 4 is 35.0 Å². The lowest BCUT2D eigenvalue weighted by Gasteiger charge is -2.26. The van der Waals surface area contributed by atoms with Crippen LogP contribution >= 0.6 is 11.6 Å². The van der Waals surface area contributed by atoms with Gasteiger partial charge in [0, 0.05) is 23.2 Å². The Hall–Kier alpha value is -3.39. The average Bonchev–Trinajstić information content (AvgIpc) is 3.19. The van der Waals surface area contributed by atoms with Crippen LogP contribution in [-0.2, 0) is 10.2 Å². The van der Waals surface area contributed by atoms with Crippen molar-refractivity contribution in [2.24, 2.45) is 0 Å². The van der Waals surface area contributed by atoms with Gasteiger partial charge in [-0.3, -0.25) is 4.79 Å². The summed E-state index contributed by atoms with van der Waals surface area (Å²) >= 11 is 5.81. The number of carbonyl (C=O) groups is 2. The maximum Gasteiger partial charge on any atom is 0.322 e. The Morgan fingerprint density at radius 3 is 2.31 bits per heavy atom. The molecule has 3 amide bonds. The van der Waals surface area contributed by atoms with Crippen LogP contribution in [0.4, 0.5) is 20.7 Å². The van der Waals surface area contributed by atoms with E-state index < -0.39 is 11.8 Å². The highest BCUT2D eigenvalue weighted by Crippen LogP contribution is 2.26. The summed E-state index contributed by atoms with van der Waals surface area (Å²) in [6, 6.07) is 12.8. The van der Waals surface area contributed by atoms with Crippen molar-refractivity contribution in [3.8, 4) is 5.69 Å². The quantitative estimate of drug-likeness (QED) is 0.426. The maximum atomic E-state index is 13.4. The Balaban J connectivity index is 1.80. The van der Waals surface area contributed by atoms with Crippen LogP contribution in [0, 0.1) is 12.7 Å². The number of rotatable bonds is 6. The normalized spacial score (nSPS) is 11.5. The molecule has 0 unspecified atom stereocenters. The number of nitrogens with one attached hydrogen (secondary N) is 2. The second-order valence-electron chi connectivity index (χ2n) is 9.74. The molecule has 1 heterocycles. The smallest absolute Gasteiger partial charge is 0.313 e. The van der Waals surface area contributed by atoms with Crippen LogP contribution in [-0.4, -0.2) is 39.2 Å². The number of amides is 3. The third-order valence-electron chi connectivity index (χ3n) is 5.39. The molecule has 7 nitrogen and oxygen atoms in total. The molecule has 9 heteroatoms. The molecule has 2 aromatic carbocycles. The second kappa shape index (κ2) is 10.5. The number of anilines is 2. The number of hydrogen-bond donors (Lipinski definition) is 2. The SMILES string of the molecule is Cc1ccc(-n2nc(C(C)(C)C)cc2NC(=O)CN(C(=O)Nc2ccc(F)c(Cl)c2)C(C)C)cc1. The summed E-state index contributed by atoms with van der Waals surface area (Å²) in [4.78, 5) is 27.3. The lowest BCUT2D eigenvalue weighted by molar-refractivity contribution is -0.117. The minimum atomic E-state index is -0.579. The van der Waals surface area contributed by atoms with E-state index >= 15 is 0 Å². The highest BCUT2D eigenvalue weighted by atomic mass is 35.5. The van der Waals surface area contributed by atoms with Crippen molar-refractivity contribution in [2.75, 3.05) is 17.2 Å². The fraction of sp³-hybridized carbons (Fsp3) is 0.346. The molecular weight excluding hydrogens is 469 g/mol. The topological polar surface area (TPSA) is 79.3 Å². The number of benzene rings is 2. The zero-order valence-electron chi connectivity index (χ0n) is 20.8. The van der Waals surface area contributed by atoms with E-state index in [2.05, 4.69) is 10.6 Å². The summed E-state index contributed by atoms with van der Waals surface area (Å²) in [6.45, 7) is 11.6. The van der Waals surface area contributed by atoms with Gasteiger partial charge in [-0.05, 0) is 51.1 Å². The first-order chi connectivity index (χ1) is 16.3. The second-order valence-corrected chi connectivity index (χ2v) is 10.1. The predicted octanol–water partition coefficient (Wildman–Crippen LogP) is 6.15. The number of hydrogen-bond acceptors (Lipinski definition) is 3. The van der Waals surface area contributed by atoms with Crippen LogP contribution in [0.25, 0.3) is 5.69 Å². The molecular formula is C26H31ClFN5O2. The summed E-state index contributed by atoms with van der Waals surface area (Å²) in [7, 11) is 0. The highest BCUT2D eigenvalue weighted by molar-refractivity contribution is 6.31. The van der Waals surface area contributed by atoms with Crippen LogP contribution in [0.3, 0.4) is 0 Å². The van der Waals surface area contributed by atoms with Gasteiger partial charge in [0.15, 0.2) is 0 Å². The van der Waals surface area contributed by atoms with E-state index in [0.29, 0.717) is 11.5 Å². The van der Waals surface area contributed by atoms with E-state index in [1.807, 2.05) is 58.0 Å². The van der Waals surface area contributed by atoms with Gasteiger partial charge in [0.2, 0.25) is 5.91 Å². The number of urea groups is 1. The van der Waals surface area contributed by atoms with Crippen molar-refractivity contribution in [1.82, 2.24) is 14.7 Å². The summed E-state index contributed by atoms with van der Waals surface area (Å²) in [6.07, 6.45) is 0. The van der Waals surface area contributed by atoms with Crippen LogP contribution in [0.2, 0.25) is 5.02 Å². The third kappa shape index (κ3) is 6.60. The molecule has 2 N–H and O–H groups in total. The molecule has 0 fully saturated rings. The van der Waals surface area contributed by atoms with Crippen molar-refractivity contribution < 1.29 is 14.0 Å². The molecule has 0 aliphatic rings. The van der Waals surface area contributed by atoms with Crippen molar-refractivity contribution in [3.63, 3.8) is 0 Å². The number of aryl methyl sites for hydroxylation is 1. The summed E-state index contributed by atoms with van der Waals surface area (Å²) < 4.78 is 15.1. The van der Waals surface area contributed by atoms with E-state index in [1.165, 1.54) is 23.1 Å². The predicted molar refractivity (Wildman–Crippen MR) is 138 cm³/mol. The van der Waals surface area contributed by atoms with Crippen LogP contribution < -0.4 is 10.6 Å². The van der Waals surface area contributed by atoms with Crippen molar-refractivity contribution in [2.45, 2.75) is 53.0 Å². The molecule has 0 spiro atoms. The standard InChI is InChI=1S/C26H31ClFN5O2/c1-16(2)32(25(35)29-18-9-12-21(28)20(27)13-18)15-24(34)30-23-14-22(26(4,5)6)31-33(23)19-10-7-17(3)8-11-19/h7-14,16H,15H2,1-6H3,(H,29,35)(H,30,34). The molecule has 1 aromatic heterocycles. The molecule has 0 aliphatic carbocycles. The Morgan fingerprint density at radius 1 is 1.09 bits per heavy atom. The monoisotopic (exact) mass is 499 g/mol. The lowest BCUT2D eigenvalue weighted by Crippen LogP contribution is -2.44. The van der Waals surface area contributed by atoms with Crippen molar-refractivity contribution in [1.29, 1.82) is 0 Å². The van der Waals surface area contributed by atoms with Crippen LogP contribution in [0.1, 0.15) is 45.9 Å². The van der Waals surface area contributed by atoms with Crippen LogP contribution in [0.5, 0.6) is 0 Å². The largest absolute Gasteiger partial charge is 0.322 e. The fourth-order valence-corrected chi connectivity index (χ4v) is 3.50. The molecule has 0 saturated carbocycles. The first-order valence-corrected chi connectivity index (χ1v) is 11.7. The minimum absolute atomic E-state index is 0.101. The molecule has 0 bridgehead atoms. The highest BCUT2D eigenvalue weighted by Gasteiger charge is 2.24. The zero-order valence-corrected chi connectivity index (χ0v) is 21.6. The van der Waals surface area contributed by atoms with Gasteiger partial charge in [-0.15, -0.1) is 0 Å². The molecule has 0 aliphatic heterocycles. The number of nitrogens with zero attached hydrogens (tertiary/aromatic N) is 3. The summed E-state index contributed by atoms with van der Waals surface area (Å²) in [5, 5.41) is 10.2. The molecule has 0 atom stereocenters. The molecule has 186 valence electrons. The van der Waals surface area contributed by atoms with Gasteiger partial charge in [-0.2, -0.15) is 5.10 Å². The Morgan fingerprint density at radius 2 is 1.74 bits per heavy atom.